The summed E-state index contributed by atoms with van der Waals surface area (Å²) in [6.07, 6.45) is -0.186. The lowest BCUT2D eigenvalue weighted by atomic mass is 10.1. The molecule has 2 aromatic carbocycles. The normalized spacial score (nSPS) is 18.3. The van der Waals surface area contributed by atoms with Crippen LogP contribution in [0.5, 0.6) is 0 Å². The summed E-state index contributed by atoms with van der Waals surface area (Å²) in [5.41, 5.74) is 1.05. The first-order valence-corrected chi connectivity index (χ1v) is 7.44. The highest BCUT2D eigenvalue weighted by Crippen LogP contribution is 2.24. The smallest absolute Gasteiger partial charge is 0.257 e. The fourth-order valence-electron chi connectivity index (χ4n) is 2.54. The van der Waals surface area contributed by atoms with Crippen LogP contribution in [0.25, 0.3) is 0 Å². The molecule has 1 fully saturated rings. The number of halogens is 2. The van der Waals surface area contributed by atoms with Crippen molar-refractivity contribution in [3.05, 3.63) is 70.5 Å². The standard InChI is InChI=1S/C17H15ClFNO2/c18-13-6-7-14(15(19)10-13)17(21)20-8-9-22-16(11-20)12-4-2-1-3-5-12/h1-7,10,16H,8-9,11H2/t16-/m0/s1. The third-order valence-corrected chi connectivity index (χ3v) is 3.92. The Balaban J connectivity index is 1.78. The zero-order chi connectivity index (χ0) is 15.5. The summed E-state index contributed by atoms with van der Waals surface area (Å²) >= 11 is 5.73. The van der Waals surface area contributed by atoms with E-state index >= 15 is 0 Å². The lowest BCUT2D eigenvalue weighted by Gasteiger charge is -2.33. The first-order chi connectivity index (χ1) is 10.6. The van der Waals surface area contributed by atoms with Gasteiger partial charge in [-0.2, -0.15) is 0 Å². The number of hydrogen-bond acceptors (Lipinski definition) is 2. The minimum atomic E-state index is -0.597. The van der Waals surface area contributed by atoms with Gasteiger partial charge >= 0.3 is 0 Å². The third kappa shape index (κ3) is 3.13. The largest absolute Gasteiger partial charge is 0.370 e. The molecule has 1 aliphatic heterocycles. The number of rotatable bonds is 2. The Kier molecular flexibility index (Phi) is 4.41. The summed E-state index contributed by atoms with van der Waals surface area (Å²) < 4.78 is 19.6. The molecule has 1 atom stereocenters. The van der Waals surface area contributed by atoms with Crippen molar-refractivity contribution in [1.29, 1.82) is 0 Å². The Morgan fingerprint density at radius 2 is 2.00 bits per heavy atom. The fraction of sp³-hybridized carbons (Fsp3) is 0.235. The van der Waals surface area contributed by atoms with Gasteiger partial charge in [-0.3, -0.25) is 4.79 Å². The van der Waals surface area contributed by atoms with Crippen molar-refractivity contribution in [3.63, 3.8) is 0 Å². The van der Waals surface area contributed by atoms with Crippen LogP contribution in [-0.4, -0.2) is 30.5 Å². The quantitative estimate of drug-likeness (QED) is 0.845. The maximum Gasteiger partial charge on any atom is 0.257 e. The summed E-state index contributed by atoms with van der Waals surface area (Å²) in [6, 6.07) is 13.8. The zero-order valence-electron chi connectivity index (χ0n) is 11.8. The number of morpholine rings is 1. The number of hydrogen-bond donors (Lipinski definition) is 0. The summed E-state index contributed by atoms with van der Waals surface area (Å²) in [6.45, 7) is 1.29. The third-order valence-electron chi connectivity index (χ3n) is 3.69. The van der Waals surface area contributed by atoms with Crippen molar-refractivity contribution < 1.29 is 13.9 Å². The van der Waals surface area contributed by atoms with Gasteiger partial charge in [-0.15, -0.1) is 0 Å². The zero-order valence-corrected chi connectivity index (χ0v) is 12.6. The highest BCUT2D eigenvalue weighted by atomic mass is 35.5. The molecular weight excluding hydrogens is 305 g/mol. The number of benzene rings is 2. The lowest BCUT2D eigenvalue weighted by molar-refractivity contribution is -0.0229. The topological polar surface area (TPSA) is 29.5 Å². The highest BCUT2D eigenvalue weighted by Gasteiger charge is 2.27. The molecule has 0 aromatic heterocycles. The van der Waals surface area contributed by atoms with E-state index in [-0.39, 0.29) is 22.6 Å². The van der Waals surface area contributed by atoms with E-state index in [0.717, 1.165) is 11.6 Å². The Bertz CT molecular complexity index is 678. The van der Waals surface area contributed by atoms with Gasteiger partial charge < -0.3 is 9.64 Å². The monoisotopic (exact) mass is 319 g/mol. The molecule has 5 heteroatoms. The number of amides is 1. The summed E-state index contributed by atoms with van der Waals surface area (Å²) in [7, 11) is 0. The average molecular weight is 320 g/mol. The Labute approximate surface area is 133 Å². The Morgan fingerprint density at radius 1 is 1.23 bits per heavy atom. The summed E-state index contributed by atoms with van der Waals surface area (Å²) in [5.74, 6) is -0.932. The molecule has 22 heavy (non-hydrogen) atoms. The second-order valence-electron chi connectivity index (χ2n) is 5.15. The van der Waals surface area contributed by atoms with Gasteiger partial charge in [0.1, 0.15) is 11.9 Å². The van der Waals surface area contributed by atoms with Gasteiger partial charge in [0.15, 0.2) is 0 Å². The van der Waals surface area contributed by atoms with E-state index in [1.165, 1.54) is 12.1 Å². The van der Waals surface area contributed by atoms with Gasteiger partial charge in [0.2, 0.25) is 0 Å². The van der Waals surface area contributed by atoms with Crippen LogP contribution >= 0.6 is 11.6 Å². The Hall–Kier alpha value is -1.91. The maximum absolute atomic E-state index is 13.9. The molecular formula is C17H15ClFNO2. The van der Waals surface area contributed by atoms with Gasteiger partial charge in [-0.1, -0.05) is 41.9 Å². The van der Waals surface area contributed by atoms with Crippen molar-refractivity contribution in [2.24, 2.45) is 0 Å². The first-order valence-electron chi connectivity index (χ1n) is 7.06. The van der Waals surface area contributed by atoms with E-state index in [9.17, 15) is 9.18 Å². The molecule has 0 unspecified atom stereocenters. The van der Waals surface area contributed by atoms with Gasteiger partial charge in [-0.25, -0.2) is 4.39 Å². The van der Waals surface area contributed by atoms with Crippen molar-refractivity contribution >= 4 is 17.5 Å². The van der Waals surface area contributed by atoms with Crippen molar-refractivity contribution in [1.82, 2.24) is 4.90 Å². The molecule has 1 saturated heterocycles. The van der Waals surface area contributed by atoms with Gasteiger partial charge in [0.25, 0.3) is 5.91 Å². The van der Waals surface area contributed by atoms with Crippen LogP contribution in [-0.2, 0) is 4.74 Å². The molecule has 114 valence electrons. The molecule has 0 spiro atoms. The molecule has 1 amide bonds. The number of carbonyl (C=O) groups excluding carboxylic acids is 1. The van der Waals surface area contributed by atoms with E-state index in [2.05, 4.69) is 0 Å². The molecule has 0 N–H and O–H groups in total. The lowest BCUT2D eigenvalue weighted by Crippen LogP contribution is -2.42. The van der Waals surface area contributed by atoms with E-state index in [1.54, 1.807) is 4.90 Å². The van der Waals surface area contributed by atoms with Crippen LogP contribution in [0, 0.1) is 5.82 Å². The second-order valence-corrected chi connectivity index (χ2v) is 5.58. The molecule has 2 aromatic rings. The van der Waals surface area contributed by atoms with Crippen LogP contribution in [0.3, 0.4) is 0 Å². The van der Waals surface area contributed by atoms with Crippen LogP contribution in [0.2, 0.25) is 5.02 Å². The Morgan fingerprint density at radius 3 is 2.73 bits per heavy atom. The molecule has 1 heterocycles. The molecule has 3 rings (SSSR count). The molecule has 0 saturated carbocycles. The predicted octanol–water partition coefficient (Wildman–Crippen LogP) is 3.69. The molecule has 3 nitrogen and oxygen atoms in total. The fourth-order valence-corrected chi connectivity index (χ4v) is 2.70. The highest BCUT2D eigenvalue weighted by molar-refractivity contribution is 6.30. The minimum Gasteiger partial charge on any atom is -0.370 e. The van der Waals surface area contributed by atoms with Gasteiger partial charge in [-0.05, 0) is 23.8 Å². The van der Waals surface area contributed by atoms with E-state index in [4.69, 9.17) is 16.3 Å². The van der Waals surface area contributed by atoms with Crippen molar-refractivity contribution in [3.8, 4) is 0 Å². The maximum atomic E-state index is 13.9. The first kappa shape index (κ1) is 15.0. The van der Waals surface area contributed by atoms with Crippen LogP contribution < -0.4 is 0 Å². The van der Waals surface area contributed by atoms with E-state index in [1.807, 2.05) is 30.3 Å². The van der Waals surface area contributed by atoms with Crippen molar-refractivity contribution in [2.45, 2.75) is 6.10 Å². The SMILES string of the molecule is O=C(c1ccc(Cl)cc1F)N1CCO[C@H](c2ccccc2)C1. The predicted molar refractivity (Wildman–Crippen MR) is 82.4 cm³/mol. The van der Waals surface area contributed by atoms with Crippen molar-refractivity contribution in [2.75, 3.05) is 19.7 Å². The molecule has 1 aliphatic rings. The van der Waals surface area contributed by atoms with E-state index in [0.29, 0.717) is 19.7 Å². The number of nitrogens with zero attached hydrogens (tertiary/aromatic N) is 1. The van der Waals surface area contributed by atoms with E-state index < -0.39 is 5.82 Å². The molecule has 0 radical (unpaired) electrons. The number of carbonyl (C=O) groups is 1. The van der Waals surface area contributed by atoms with Crippen LogP contribution in [0.1, 0.15) is 22.0 Å². The molecule has 0 aliphatic carbocycles. The minimum absolute atomic E-state index is 0.0399. The second kappa shape index (κ2) is 6.46. The van der Waals surface area contributed by atoms with Crippen LogP contribution in [0.15, 0.2) is 48.5 Å². The summed E-state index contributed by atoms with van der Waals surface area (Å²) in [5, 5.41) is 0.276. The molecule has 0 bridgehead atoms. The number of ether oxygens (including phenoxy) is 1. The summed E-state index contributed by atoms with van der Waals surface area (Å²) in [4.78, 5) is 14.1. The van der Waals surface area contributed by atoms with Crippen LogP contribution in [0.4, 0.5) is 4.39 Å². The average Bonchev–Trinajstić information content (AvgIpc) is 2.55. The van der Waals surface area contributed by atoms with Gasteiger partial charge in [0.05, 0.1) is 18.7 Å². The van der Waals surface area contributed by atoms with Gasteiger partial charge in [0, 0.05) is 11.6 Å².